The molecule has 0 heterocycles. The monoisotopic (exact) mass is 272 g/mol. The first-order chi connectivity index (χ1) is 9.69. The van der Waals surface area contributed by atoms with E-state index in [9.17, 15) is 0 Å². The molecule has 0 aliphatic carbocycles. The van der Waals surface area contributed by atoms with Crippen LogP contribution in [0.5, 0.6) is 11.5 Å². The summed E-state index contributed by atoms with van der Waals surface area (Å²) in [6.07, 6.45) is 0.955. The standard InChI is InChI=1S/C16H20N2O2/c1-4-11-7-5-6-8-13(11)18-14-10-16(20-3)15(19-2)9-12(14)17/h5-10,18H,4,17H2,1-3H3. The van der Waals surface area contributed by atoms with E-state index in [4.69, 9.17) is 15.2 Å². The van der Waals surface area contributed by atoms with Crippen molar-refractivity contribution in [1.29, 1.82) is 0 Å². The molecule has 0 aliphatic heterocycles. The minimum absolute atomic E-state index is 0.619. The molecule has 0 spiro atoms. The van der Waals surface area contributed by atoms with E-state index < -0.39 is 0 Å². The van der Waals surface area contributed by atoms with Crippen molar-refractivity contribution in [2.45, 2.75) is 13.3 Å². The number of hydrogen-bond donors (Lipinski definition) is 2. The van der Waals surface area contributed by atoms with Gasteiger partial charge in [-0.15, -0.1) is 0 Å². The summed E-state index contributed by atoms with van der Waals surface area (Å²) >= 11 is 0. The van der Waals surface area contributed by atoms with Gasteiger partial charge in [0.2, 0.25) is 0 Å². The zero-order valence-electron chi connectivity index (χ0n) is 12.1. The second kappa shape index (κ2) is 6.19. The molecule has 2 aromatic carbocycles. The first kappa shape index (κ1) is 14.1. The lowest BCUT2D eigenvalue weighted by Gasteiger charge is -2.15. The Labute approximate surface area is 119 Å². The number of anilines is 3. The van der Waals surface area contributed by atoms with Gasteiger partial charge in [0.25, 0.3) is 0 Å². The van der Waals surface area contributed by atoms with Gasteiger partial charge in [0, 0.05) is 17.8 Å². The summed E-state index contributed by atoms with van der Waals surface area (Å²) in [5.74, 6) is 1.28. The minimum Gasteiger partial charge on any atom is -0.493 e. The molecule has 106 valence electrons. The molecule has 2 rings (SSSR count). The summed E-state index contributed by atoms with van der Waals surface area (Å²) in [7, 11) is 3.20. The fourth-order valence-corrected chi connectivity index (χ4v) is 2.10. The van der Waals surface area contributed by atoms with E-state index in [1.165, 1.54) is 5.56 Å². The van der Waals surface area contributed by atoms with Gasteiger partial charge >= 0.3 is 0 Å². The third-order valence-corrected chi connectivity index (χ3v) is 3.22. The van der Waals surface area contributed by atoms with Crippen molar-refractivity contribution in [3.63, 3.8) is 0 Å². The van der Waals surface area contributed by atoms with Gasteiger partial charge in [-0.05, 0) is 18.1 Å². The number of aryl methyl sites for hydroxylation is 1. The van der Waals surface area contributed by atoms with Gasteiger partial charge < -0.3 is 20.5 Å². The zero-order chi connectivity index (χ0) is 14.5. The van der Waals surface area contributed by atoms with E-state index in [0.717, 1.165) is 17.8 Å². The molecule has 0 radical (unpaired) electrons. The van der Waals surface area contributed by atoms with Crippen LogP contribution in [0.4, 0.5) is 17.1 Å². The van der Waals surface area contributed by atoms with Gasteiger partial charge in [-0.1, -0.05) is 25.1 Å². The lowest BCUT2D eigenvalue weighted by Crippen LogP contribution is -2.01. The fourth-order valence-electron chi connectivity index (χ4n) is 2.10. The average Bonchev–Trinajstić information content (AvgIpc) is 2.49. The highest BCUT2D eigenvalue weighted by Crippen LogP contribution is 2.36. The number of nitrogen functional groups attached to an aromatic ring is 1. The highest BCUT2D eigenvalue weighted by atomic mass is 16.5. The van der Waals surface area contributed by atoms with Crippen molar-refractivity contribution in [2.24, 2.45) is 0 Å². The molecule has 0 saturated heterocycles. The molecule has 0 atom stereocenters. The number of rotatable bonds is 5. The van der Waals surface area contributed by atoms with E-state index in [-0.39, 0.29) is 0 Å². The van der Waals surface area contributed by atoms with Crippen molar-refractivity contribution in [2.75, 3.05) is 25.3 Å². The van der Waals surface area contributed by atoms with E-state index in [1.807, 2.05) is 24.3 Å². The molecule has 20 heavy (non-hydrogen) atoms. The van der Waals surface area contributed by atoms with Crippen LogP contribution in [-0.2, 0) is 6.42 Å². The van der Waals surface area contributed by atoms with Crippen LogP contribution in [0.2, 0.25) is 0 Å². The van der Waals surface area contributed by atoms with Crippen LogP contribution < -0.4 is 20.5 Å². The maximum absolute atomic E-state index is 6.06. The average molecular weight is 272 g/mol. The minimum atomic E-state index is 0.619. The van der Waals surface area contributed by atoms with Crippen molar-refractivity contribution >= 4 is 17.1 Å². The maximum Gasteiger partial charge on any atom is 0.162 e. The van der Waals surface area contributed by atoms with E-state index in [0.29, 0.717) is 17.2 Å². The Morgan fingerprint density at radius 1 is 1.00 bits per heavy atom. The number of benzene rings is 2. The number of nitrogens with two attached hydrogens (primary N) is 1. The maximum atomic E-state index is 6.06. The normalized spacial score (nSPS) is 10.2. The fraction of sp³-hybridized carbons (Fsp3) is 0.250. The molecule has 4 heteroatoms. The van der Waals surface area contributed by atoms with Crippen molar-refractivity contribution in [3.05, 3.63) is 42.0 Å². The predicted molar refractivity (Wildman–Crippen MR) is 83.1 cm³/mol. The molecule has 0 amide bonds. The van der Waals surface area contributed by atoms with Gasteiger partial charge in [0.1, 0.15) is 0 Å². The third-order valence-electron chi connectivity index (χ3n) is 3.22. The number of hydrogen-bond acceptors (Lipinski definition) is 4. The number of nitrogens with one attached hydrogen (secondary N) is 1. The Kier molecular flexibility index (Phi) is 4.35. The van der Waals surface area contributed by atoms with Gasteiger partial charge in [-0.25, -0.2) is 0 Å². The summed E-state index contributed by atoms with van der Waals surface area (Å²) in [4.78, 5) is 0. The Balaban J connectivity index is 2.38. The van der Waals surface area contributed by atoms with Gasteiger partial charge in [0.05, 0.1) is 25.6 Å². The van der Waals surface area contributed by atoms with Crippen LogP contribution in [-0.4, -0.2) is 14.2 Å². The molecular formula is C16H20N2O2. The van der Waals surface area contributed by atoms with Crippen molar-refractivity contribution in [1.82, 2.24) is 0 Å². The zero-order valence-corrected chi connectivity index (χ0v) is 12.1. The molecule has 0 aromatic heterocycles. The van der Waals surface area contributed by atoms with Crippen LogP contribution in [0.1, 0.15) is 12.5 Å². The summed E-state index contributed by atoms with van der Waals surface area (Å²) in [5, 5.41) is 3.36. The first-order valence-corrected chi connectivity index (χ1v) is 6.56. The smallest absolute Gasteiger partial charge is 0.162 e. The quantitative estimate of drug-likeness (QED) is 0.817. The first-order valence-electron chi connectivity index (χ1n) is 6.56. The van der Waals surface area contributed by atoms with Gasteiger partial charge in [-0.2, -0.15) is 0 Å². The van der Waals surface area contributed by atoms with Gasteiger partial charge in [-0.3, -0.25) is 0 Å². The molecule has 2 aromatic rings. The molecular weight excluding hydrogens is 252 g/mol. The van der Waals surface area contributed by atoms with E-state index in [1.54, 1.807) is 20.3 Å². The Bertz CT molecular complexity index is 597. The summed E-state index contributed by atoms with van der Waals surface area (Å²) in [5.41, 5.74) is 9.78. The van der Waals surface area contributed by atoms with Crippen LogP contribution in [0.25, 0.3) is 0 Å². The van der Waals surface area contributed by atoms with Crippen LogP contribution in [0.3, 0.4) is 0 Å². The molecule has 4 nitrogen and oxygen atoms in total. The molecule has 0 saturated carbocycles. The Morgan fingerprint density at radius 2 is 1.65 bits per heavy atom. The molecule has 0 aliphatic rings. The summed E-state index contributed by atoms with van der Waals surface area (Å²) in [6, 6.07) is 11.8. The largest absolute Gasteiger partial charge is 0.493 e. The molecule has 0 fully saturated rings. The number of methoxy groups -OCH3 is 2. The lowest BCUT2D eigenvalue weighted by molar-refractivity contribution is 0.355. The second-order valence-corrected chi connectivity index (χ2v) is 4.43. The second-order valence-electron chi connectivity index (χ2n) is 4.43. The molecule has 3 N–H and O–H groups in total. The summed E-state index contributed by atoms with van der Waals surface area (Å²) < 4.78 is 10.5. The SMILES string of the molecule is CCc1ccccc1Nc1cc(OC)c(OC)cc1N. The van der Waals surface area contributed by atoms with E-state index >= 15 is 0 Å². The van der Waals surface area contributed by atoms with Crippen molar-refractivity contribution < 1.29 is 9.47 Å². The summed E-state index contributed by atoms with van der Waals surface area (Å²) in [6.45, 7) is 2.12. The van der Waals surface area contributed by atoms with Crippen LogP contribution in [0, 0.1) is 0 Å². The van der Waals surface area contributed by atoms with Gasteiger partial charge in [0.15, 0.2) is 11.5 Å². The highest BCUT2D eigenvalue weighted by molar-refractivity contribution is 5.77. The van der Waals surface area contributed by atoms with Crippen LogP contribution in [0.15, 0.2) is 36.4 Å². The number of ether oxygens (including phenoxy) is 2. The number of para-hydroxylation sites is 1. The molecule has 0 bridgehead atoms. The van der Waals surface area contributed by atoms with E-state index in [2.05, 4.69) is 18.3 Å². The van der Waals surface area contributed by atoms with Crippen LogP contribution >= 0.6 is 0 Å². The van der Waals surface area contributed by atoms with Crippen molar-refractivity contribution in [3.8, 4) is 11.5 Å². The Hall–Kier alpha value is -2.36. The Morgan fingerprint density at radius 3 is 2.30 bits per heavy atom. The molecule has 0 unspecified atom stereocenters. The topological polar surface area (TPSA) is 56.5 Å². The highest BCUT2D eigenvalue weighted by Gasteiger charge is 2.10. The third kappa shape index (κ3) is 2.79. The lowest BCUT2D eigenvalue weighted by atomic mass is 10.1. The predicted octanol–water partition coefficient (Wildman–Crippen LogP) is 3.59.